The number of halogens is 18. The Morgan fingerprint density at radius 1 is 0.383 bits per heavy atom. The Morgan fingerprint density at radius 2 is 0.625 bits per heavy atom. The predicted octanol–water partition coefficient (Wildman–Crippen LogP) is 9.55. The van der Waals surface area contributed by atoms with Gasteiger partial charge >= 0.3 is 97.3 Å². The number of rotatable bonds is 16. The van der Waals surface area contributed by atoms with Crippen LogP contribution in [0.4, 0.5) is 35.5 Å². The van der Waals surface area contributed by atoms with Crippen molar-refractivity contribution in [2.45, 2.75) is 78.2 Å². The van der Waals surface area contributed by atoms with Crippen LogP contribution in [0.1, 0.15) is 38.0 Å². The van der Waals surface area contributed by atoms with E-state index in [1.54, 1.807) is 24.3 Å². The molecule has 0 aliphatic rings. The number of hydrogen-bond acceptors (Lipinski definition) is 33. The largest absolute Gasteiger partial charge is 1.00 e. The van der Waals surface area contributed by atoms with E-state index in [0.717, 1.165) is 52.1 Å². The number of nitrogens with one attached hydrogen (secondary N) is 1. The first-order chi connectivity index (χ1) is 55.6. The summed E-state index contributed by atoms with van der Waals surface area (Å²) in [7, 11) is -31.3. The van der Waals surface area contributed by atoms with Crippen molar-refractivity contribution in [3.8, 4) is 85.0 Å². The fourth-order valence-corrected chi connectivity index (χ4v) is 15.4. The predicted molar refractivity (Wildman–Crippen MR) is 438 cm³/mol. The maximum atomic E-state index is 12.7. The minimum absolute atomic E-state index is 0. The van der Waals surface area contributed by atoms with Crippen molar-refractivity contribution in [1.29, 1.82) is 0 Å². The Balaban J connectivity index is -0.00000151. The summed E-state index contributed by atoms with van der Waals surface area (Å²) in [4.78, 5) is 70.0. The van der Waals surface area contributed by atoms with Crippen LogP contribution in [-0.4, -0.2) is 179 Å². The molecule has 0 saturated heterocycles. The van der Waals surface area contributed by atoms with Gasteiger partial charge in [-0.2, -0.15) is 48.2 Å². The summed E-state index contributed by atoms with van der Waals surface area (Å²) in [6.07, 6.45) is 4.35. The number of nitrogens with zero attached hydrogens (tertiary/aromatic N) is 9. The number of sulfone groups is 5. The Kier molecular flexibility index (Phi) is 49.6. The van der Waals surface area contributed by atoms with Gasteiger partial charge < -0.3 is 38.9 Å². The number of alkyl halides is 6. The van der Waals surface area contributed by atoms with Gasteiger partial charge in [-0.1, -0.05) is 116 Å². The maximum Gasteiger partial charge on any atom is 1.00 e. The van der Waals surface area contributed by atoms with E-state index in [1.807, 2.05) is 0 Å². The topological polar surface area (TPSA) is 539 Å². The minimum Gasteiger partial charge on any atom is -0.870 e. The Bertz CT molecular complexity index is 6790. The van der Waals surface area contributed by atoms with Crippen LogP contribution in [0.3, 0.4) is 0 Å². The molecule has 694 valence electrons. The van der Waals surface area contributed by atoms with Gasteiger partial charge in [0.15, 0.2) is 38.6 Å². The average Bonchev–Trinajstić information content (AvgIpc) is 0.789. The molecule has 5 aromatic heterocycles. The summed E-state index contributed by atoms with van der Waals surface area (Å²) in [5.41, 5.74) is -13.1. The van der Waals surface area contributed by atoms with Crippen LogP contribution in [-0.2, 0) is 79.0 Å². The number of ether oxygens (including phenoxy) is 2. The van der Waals surface area contributed by atoms with Crippen LogP contribution in [0.2, 0.25) is 50.2 Å². The van der Waals surface area contributed by atoms with E-state index in [1.165, 1.54) is 87.5 Å². The summed E-state index contributed by atoms with van der Waals surface area (Å²) in [6, 6.07) is 20.9. The molecule has 0 bridgehead atoms. The summed E-state index contributed by atoms with van der Waals surface area (Å²) in [5.74, 6) is -3.83. The first-order valence-electron chi connectivity index (χ1n) is 31.3. The van der Waals surface area contributed by atoms with Crippen molar-refractivity contribution < 1.29 is 263 Å². The van der Waals surface area contributed by atoms with Crippen molar-refractivity contribution in [1.82, 2.24) is 49.8 Å². The van der Waals surface area contributed by atoms with E-state index < -0.39 is 148 Å². The van der Waals surface area contributed by atoms with E-state index >= 15 is 0 Å². The van der Waals surface area contributed by atoms with E-state index in [4.69, 9.17) is 135 Å². The number of esters is 2. The van der Waals surface area contributed by atoms with Gasteiger partial charge in [-0.05, 0) is 119 Å². The number of aryl methyl sites for hydroxylation is 4. The number of aromatic amines is 1. The Labute approximate surface area is 868 Å². The molecule has 63 heteroatoms. The normalized spacial score (nSPS) is 11.4. The summed E-state index contributed by atoms with van der Waals surface area (Å²) < 4.78 is 274. The minimum atomic E-state index is -6.07. The van der Waals surface area contributed by atoms with Gasteiger partial charge in [-0.25, -0.2) is 86.8 Å². The summed E-state index contributed by atoms with van der Waals surface area (Å²) in [5, 5.41) is 8.87. The van der Waals surface area contributed by atoms with Crippen LogP contribution in [0.25, 0.3) is 56.3 Å². The third kappa shape index (κ3) is 34.5. The number of hydrogen-bond donors (Lipinski definition) is 2. The molecule has 4 N–H and O–H groups in total. The van der Waals surface area contributed by atoms with E-state index in [-0.39, 0.29) is 249 Å². The molecule has 0 amide bonds. The van der Waals surface area contributed by atoms with Gasteiger partial charge in [-0.3, -0.25) is 9.59 Å². The quantitative estimate of drug-likeness (QED) is 0.0173. The zero-order chi connectivity index (χ0) is 93.4. The number of benzene rings is 5. The molecular weight excluding hydrogens is 2150 g/mol. The molecular formula is C65H54Ar2Cl10F8LiN10NaO24S7. The number of carbonyl (C=O) groups is 2. The van der Waals surface area contributed by atoms with E-state index in [9.17, 15) is 105 Å². The monoisotopic (exact) mass is 2190 g/mol. The summed E-state index contributed by atoms with van der Waals surface area (Å²) >= 11 is 59.3. The molecule has 0 aliphatic heterocycles. The molecule has 0 spiro atoms. The molecule has 10 aromatic rings. The third-order valence-corrected chi connectivity index (χ3v) is 23.0. The van der Waals surface area contributed by atoms with E-state index in [2.05, 4.69) is 58.2 Å². The van der Waals surface area contributed by atoms with Crippen molar-refractivity contribution in [2.24, 2.45) is 0 Å². The average molecular weight is 2200 g/mol. The smallest absolute Gasteiger partial charge is 0.870 e. The molecule has 0 fully saturated rings. The fraction of sp³-hybridized carbons (Fsp3) is 0.200. The first-order valence-corrected chi connectivity index (χ1v) is 47.4. The SMILES string of the molecule is CC(=O)Oc1c(-c2ccc(Cl)cc2Cl)nc(S(C)(=O)=O)nc1S(C)(=O)=O.CC(=O)Oc1c(C)nc(S(C)(=O)=O)nc1-c1ccc(Cl)cc1Cl.Cc1[nH]c(=O)nc(-c2ccc(Cl)cc2Cl)c1OS(=O)(=O)C(F)(F)F.Cc1nc(S(C)(=O)=O)nc(-c2ccc(Cl)cc2Cl)c1O.Cc1nc(S(C)(=O)=O)nc(-c2ccc(Cl)cc2Cl)c1OS(=O)(=O)C(F)(F)F.FF.[Ar].[Ar].[HH].[Li+].[Na+].[OH-].[OH-]. The third-order valence-electron chi connectivity index (χ3n) is 14.0. The number of H-pyrrole nitrogens is 1. The second-order valence-electron chi connectivity index (χ2n) is 23.8. The zero-order valence-corrected chi connectivity index (χ0v) is 82.7. The van der Waals surface area contributed by atoms with Crippen LogP contribution in [0.15, 0.2) is 121 Å². The summed E-state index contributed by atoms with van der Waals surface area (Å²) in [6.45, 7) is 7.48. The molecule has 34 nitrogen and oxygen atoms in total. The molecule has 5 heterocycles. The van der Waals surface area contributed by atoms with Crippen molar-refractivity contribution in [2.75, 3.05) is 31.3 Å². The second-order valence-corrected chi connectivity index (χ2v) is 40.7. The van der Waals surface area contributed by atoms with Gasteiger partial charge in [0.05, 0.1) is 47.9 Å². The van der Waals surface area contributed by atoms with Crippen molar-refractivity contribution in [3.05, 3.63) is 174 Å². The van der Waals surface area contributed by atoms with Crippen LogP contribution < -0.4 is 71.9 Å². The van der Waals surface area contributed by atoms with Crippen LogP contribution in [0, 0.1) is 103 Å². The maximum absolute atomic E-state index is 12.7. The Hall–Kier alpha value is -4.33. The van der Waals surface area contributed by atoms with Crippen LogP contribution in [0.5, 0.6) is 28.7 Å². The standard InChI is InChI=1S/C14H12Cl2N2O6S2.C14H12Cl2N2O4S.C13H9Cl2F3N2O5S2.C12H7Cl2F3N2O4S.C12H10Cl2N2O3S.2Ar.F2.Li.Na.2H2O.H2/c1-7(19)24-12-11(9-5-4-8(15)6-10(9)16)17-14(26(3,22)23)18-13(12)25(2,20)21;1-7-13(22-8(2)19)12(18-14(17-7)23(3,20)21)10-5-4-9(15)6-11(10)16;1-6-11(25-27(23,24)13(16,17)18)10(20-12(19-6)26(2,21)22)8-4-3-7(14)5-9(8)15;1-5-10(23-24(21,22)12(15,16)17)9(19-11(20)18-5)7-3-2-6(13)4-8(7)14;1-6-11(17)10(16-12(15-6)20(2,18)19)8-4-3-7(13)5-9(8)14;;;1-2;;;;;/h4-6H,1-3H3;4-6H,1-3H3;3-5H,1-2H3;2-4H,1H3,(H,18,19,20);3-5,17H,1-2H3;;;;;;2*1H2;1H/q;;;;;;;;2*+1;;;/p-2. The molecule has 0 atom stereocenters. The van der Waals surface area contributed by atoms with E-state index in [0.29, 0.717) is 21.2 Å². The number of carbonyl (C=O) groups excluding carboxylic acids is 2. The van der Waals surface area contributed by atoms with Gasteiger partial charge in [0, 0.05) is 184 Å². The van der Waals surface area contributed by atoms with Crippen molar-refractivity contribution in [3.63, 3.8) is 0 Å². The number of aromatic nitrogens is 10. The second kappa shape index (κ2) is 50.5. The number of aromatic hydroxyl groups is 1. The molecule has 128 heavy (non-hydrogen) atoms. The molecule has 0 saturated carbocycles. The fourth-order valence-electron chi connectivity index (χ4n) is 8.86. The van der Waals surface area contributed by atoms with Gasteiger partial charge in [0.25, 0.3) is 0 Å². The first kappa shape index (κ1) is 126. The molecule has 10 rings (SSSR count). The molecule has 0 unspecified atom stereocenters. The Morgan fingerprint density at radius 3 is 0.906 bits per heavy atom. The molecule has 5 aromatic carbocycles. The van der Waals surface area contributed by atoms with Gasteiger partial charge in [-0.15, -0.1) is 0 Å². The van der Waals surface area contributed by atoms with Crippen LogP contribution >= 0.6 is 116 Å². The van der Waals surface area contributed by atoms with Crippen molar-refractivity contribution >= 4 is 197 Å². The zero-order valence-electron chi connectivity index (χ0n) is 66.0. The van der Waals surface area contributed by atoms with Gasteiger partial charge in [0.2, 0.25) is 65.0 Å². The molecule has 0 radical (unpaired) electrons. The van der Waals surface area contributed by atoms with Gasteiger partial charge in [0.1, 0.15) is 28.5 Å². The molecule has 0 aliphatic carbocycles.